The van der Waals surface area contributed by atoms with Gasteiger partial charge in [-0.3, -0.25) is 4.79 Å². The molecule has 8 fully saturated rings. The normalized spacial score (nSPS) is 51.2. The molecule has 8 saturated carbocycles. The molecule has 0 saturated heterocycles. The standard InChI is InChI=1S/C27H35NO3/c29-23(30)25-9-20-6-21(10-25)14-27(13-20,16-25)26-11-18-5-19(12-26)8-24(7-18,15-26)17-31-22-3-1-2-4-28-22/h1-4,18-21H,5-17H2,(H,29,30). The van der Waals surface area contributed by atoms with Crippen molar-refractivity contribution in [2.45, 2.75) is 77.0 Å². The Balaban J connectivity index is 1.23. The highest BCUT2D eigenvalue weighted by molar-refractivity contribution is 5.75. The predicted octanol–water partition coefficient (Wildman–Crippen LogP) is 5.72. The van der Waals surface area contributed by atoms with Gasteiger partial charge in [0, 0.05) is 17.7 Å². The average Bonchev–Trinajstić information content (AvgIpc) is 2.71. The summed E-state index contributed by atoms with van der Waals surface area (Å²) in [5.41, 5.74) is 0.513. The van der Waals surface area contributed by atoms with Crippen LogP contribution in [0.25, 0.3) is 0 Å². The molecule has 9 rings (SSSR count). The molecule has 0 radical (unpaired) electrons. The van der Waals surface area contributed by atoms with E-state index in [4.69, 9.17) is 4.74 Å². The van der Waals surface area contributed by atoms with E-state index in [1.807, 2.05) is 24.4 Å². The summed E-state index contributed by atoms with van der Waals surface area (Å²) >= 11 is 0. The molecule has 4 nitrogen and oxygen atoms in total. The van der Waals surface area contributed by atoms with Crippen LogP contribution in [0.5, 0.6) is 5.88 Å². The van der Waals surface area contributed by atoms with Crippen molar-refractivity contribution >= 4 is 5.97 Å². The van der Waals surface area contributed by atoms with Crippen LogP contribution in [-0.2, 0) is 4.79 Å². The quantitative estimate of drug-likeness (QED) is 0.661. The SMILES string of the molecule is O=C(O)C12CC3CC(C1)CC(C14CC5CC(CC(COc6ccccn6)(C5)C1)C4)(C3)C2. The topological polar surface area (TPSA) is 59.4 Å². The summed E-state index contributed by atoms with van der Waals surface area (Å²) in [5.74, 6) is 3.23. The van der Waals surface area contributed by atoms with Crippen LogP contribution in [-0.4, -0.2) is 22.7 Å². The first-order valence-electron chi connectivity index (χ1n) is 12.7. The Kier molecular flexibility index (Phi) is 3.70. The maximum Gasteiger partial charge on any atom is 0.309 e. The van der Waals surface area contributed by atoms with Gasteiger partial charge >= 0.3 is 5.97 Å². The minimum absolute atomic E-state index is 0.279. The summed E-state index contributed by atoms with van der Waals surface area (Å²) in [6.07, 6.45) is 16.7. The van der Waals surface area contributed by atoms with Crippen LogP contribution >= 0.6 is 0 Å². The molecule has 166 valence electrons. The zero-order valence-corrected chi connectivity index (χ0v) is 18.5. The van der Waals surface area contributed by atoms with Crippen molar-refractivity contribution in [3.63, 3.8) is 0 Å². The van der Waals surface area contributed by atoms with Crippen LogP contribution in [0.1, 0.15) is 77.0 Å². The van der Waals surface area contributed by atoms with Crippen LogP contribution < -0.4 is 4.74 Å². The summed E-state index contributed by atoms with van der Waals surface area (Å²) in [6.45, 7) is 0.797. The molecule has 1 aromatic rings. The predicted molar refractivity (Wildman–Crippen MR) is 116 cm³/mol. The van der Waals surface area contributed by atoms with Crippen molar-refractivity contribution in [3.05, 3.63) is 24.4 Å². The van der Waals surface area contributed by atoms with Crippen LogP contribution in [0.2, 0.25) is 0 Å². The molecule has 8 aliphatic carbocycles. The van der Waals surface area contributed by atoms with Crippen LogP contribution in [0.3, 0.4) is 0 Å². The van der Waals surface area contributed by atoms with Crippen molar-refractivity contribution in [3.8, 4) is 5.88 Å². The molecule has 1 N–H and O–H groups in total. The third kappa shape index (κ3) is 2.60. The van der Waals surface area contributed by atoms with Gasteiger partial charge < -0.3 is 9.84 Å². The van der Waals surface area contributed by atoms with Gasteiger partial charge in [-0.25, -0.2) is 4.98 Å². The fourth-order valence-electron chi connectivity index (χ4n) is 11.0. The van der Waals surface area contributed by atoms with Gasteiger partial charge in [-0.1, -0.05) is 6.07 Å². The van der Waals surface area contributed by atoms with Gasteiger partial charge in [-0.2, -0.15) is 0 Å². The van der Waals surface area contributed by atoms with Crippen LogP contribution in [0.15, 0.2) is 24.4 Å². The first-order chi connectivity index (χ1) is 14.9. The minimum Gasteiger partial charge on any atom is -0.481 e. The van der Waals surface area contributed by atoms with Crippen LogP contribution in [0.4, 0.5) is 0 Å². The summed E-state index contributed by atoms with van der Waals surface area (Å²) in [4.78, 5) is 16.9. The van der Waals surface area contributed by atoms with Crippen molar-refractivity contribution < 1.29 is 14.6 Å². The van der Waals surface area contributed by atoms with E-state index in [9.17, 15) is 9.90 Å². The van der Waals surface area contributed by atoms with E-state index in [0.717, 1.165) is 43.6 Å². The smallest absolute Gasteiger partial charge is 0.309 e. The number of pyridine rings is 1. The highest BCUT2D eigenvalue weighted by atomic mass is 16.5. The number of hydrogen-bond donors (Lipinski definition) is 1. The number of carbonyl (C=O) groups is 1. The molecule has 1 aromatic heterocycles. The average molecular weight is 422 g/mol. The second-order valence-electron chi connectivity index (χ2n) is 13.0. The monoisotopic (exact) mass is 421 g/mol. The summed E-state index contributed by atoms with van der Waals surface area (Å²) < 4.78 is 6.31. The van der Waals surface area contributed by atoms with Gasteiger partial charge in [0.2, 0.25) is 5.88 Å². The number of carboxylic acids is 1. The molecule has 4 atom stereocenters. The maximum absolute atomic E-state index is 12.5. The molecule has 8 bridgehead atoms. The van der Waals surface area contributed by atoms with Gasteiger partial charge in [0.15, 0.2) is 0 Å². The molecule has 8 aliphatic rings. The number of hydrogen-bond acceptors (Lipinski definition) is 3. The molecule has 4 heteroatoms. The highest BCUT2D eigenvalue weighted by Crippen LogP contribution is 2.78. The fourth-order valence-corrected chi connectivity index (χ4v) is 11.0. The van der Waals surface area contributed by atoms with Gasteiger partial charge in [0.1, 0.15) is 0 Å². The van der Waals surface area contributed by atoms with E-state index in [0.29, 0.717) is 17.3 Å². The van der Waals surface area contributed by atoms with Gasteiger partial charge in [-0.05, 0) is 118 Å². The van der Waals surface area contributed by atoms with E-state index in [2.05, 4.69) is 4.98 Å². The Hall–Kier alpha value is -1.58. The molecule has 0 amide bonds. The minimum atomic E-state index is -0.482. The van der Waals surface area contributed by atoms with Gasteiger partial charge in [-0.15, -0.1) is 0 Å². The molecular formula is C27H35NO3. The van der Waals surface area contributed by atoms with Crippen molar-refractivity contribution in [1.82, 2.24) is 4.98 Å². The third-order valence-corrected chi connectivity index (χ3v) is 11.0. The fraction of sp³-hybridized carbons (Fsp3) is 0.778. The molecule has 31 heavy (non-hydrogen) atoms. The number of carboxylic acid groups (broad SMARTS) is 1. The Morgan fingerprint density at radius 2 is 1.52 bits per heavy atom. The summed E-state index contributed by atoms with van der Waals surface area (Å²) in [7, 11) is 0. The van der Waals surface area contributed by atoms with Gasteiger partial charge in [0.25, 0.3) is 0 Å². The lowest BCUT2D eigenvalue weighted by molar-refractivity contribution is -0.243. The lowest BCUT2D eigenvalue weighted by Crippen LogP contribution is -2.66. The van der Waals surface area contributed by atoms with E-state index in [1.54, 1.807) is 0 Å². The van der Waals surface area contributed by atoms with Crippen molar-refractivity contribution in [1.29, 1.82) is 0 Å². The highest BCUT2D eigenvalue weighted by Gasteiger charge is 2.71. The lowest BCUT2D eigenvalue weighted by Gasteiger charge is -2.73. The van der Waals surface area contributed by atoms with Crippen LogP contribution in [0, 0.1) is 45.3 Å². The first kappa shape index (κ1) is 18.9. The number of aromatic nitrogens is 1. The molecule has 1 heterocycles. The van der Waals surface area contributed by atoms with E-state index in [1.165, 1.54) is 57.8 Å². The number of ether oxygens (including phenoxy) is 1. The maximum atomic E-state index is 12.5. The second kappa shape index (κ2) is 6.05. The largest absolute Gasteiger partial charge is 0.481 e. The zero-order valence-electron chi connectivity index (χ0n) is 18.5. The lowest BCUT2D eigenvalue weighted by atomic mass is 9.31. The molecule has 0 aromatic carbocycles. The molecule has 0 spiro atoms. The number of rotatable bonds is 5. The molecule has 4 unspecified atom stereocenters. The van der Waals surface area contributed by atoms with Crippen molar-refractivity contribution in [2.24, 2.45) is 45.3 Å². The Bertz CT molecular complexity index is 882. The van der Waals surface area contributed by atoms with Crippen molar-refractivity contribution in [2.75, 3.05) is 6.61 Å². The number of nitrogens with zero attached hydrogens (tertiary/aromatic N) is 1. The molecular weight excluding hydrogens is 386 g/mol. The Morgan fingerprint density at radius 1 is 0.903 bits per heavy atom. The summed E-state index contributed by atoms with van der Waals surface area (Å²) in [6, 6.07) is 5.92. The third-order valence-electron chi connectivity index (χ3n) is 11.0. The Morgan fingerprint density at radius 3 is 2.10 bits per heavy atom. The summed E-state index contributed by atoms with van der Waals surface area (Å²) in [5, 5.41) is 10.3. The van der Waals surface area contributed by atoms with E-state index in [-0.39, 0.29) is 10.8 Å². The number of aliphatic carboxylic acids is 1. The van der Waals surface area contributed by atoms with Gasteiger partial charge in [0.05, 0.1) is 12.0 Å². The zero-order chi connectivity index (χ0) is 20.9. The Labute approximate surface area is 185 Å². The second-order valence-corrected chi connectivity index (χ2v) is 13.0. The van der Waals surface area contributed by atoms with E-state index < -0.39 is 11.4 Å². The van der Waals surface area contributed by atoms with E-state index >= 15 is 0 Å². The first-order valence-corrected chi connectivity index (χ1v) is 12.7. The molecule has 0 aliphatic heterocycles.